The molecule has 0 saturated carbocycles. The number of nitrogen functional groups attached to an aromatic ring is 1. The largest absolute Gasteiger partial charge is 0.383 e. The van der Waals surface area contributed by atoms with Crippen molar-refractivity contribution >= 4 is 17.4 Å². The van der Waals surface area contributed by atoms with Gasteiger partial charge in [-0.15, -0.1) is 0 Å². The number of aromatic amines is 1. The number of carbonyl (C=O) groups excluding carboxylic acids is 1. The molecular formula is C22H26N5O4+. The van der Waals surface area contributed by atoms with Crippen LogP contribution in [0, 0.1) is 6.92 Å². The second-order valence-corrected chi connectivity index (χ2v) is 7.07. The first kappa shape index (κ1) is 22.0. The molecule has 3 rings (SSSR count). The number of benzene rings is 1. The standard InChI is InChI=1S/C22H25N5O4/c1-16-8-6-7-11-25(16)15-18(28)26(12-13-31-2)19-20(23)27(22(30)24-21(19)29)14-17-9-4-3-5-10-17/h3-11H,12-15H2,1-2H3,(H2-,23,24,29,30)/p+1. The molecule has 0 aliphatic heterocycles. The molecule has 0 atom stereocenters. The van der Waals surface area contributed by atoms with Crippen molar-refractivity contribution in [2.45, 2.75) is 20.0 Å². The summed E-state index contributed by atoms with van der Waals surface area (Å²) in [5.74, 6) is -0.421. The number of amides is 1. The Morgan fingerprint density at radius 2 is 1.87 bits per heavy atom. The Labute approximate surface area is 179 Å². The Bertz CT molecular complexity index is 1170. The van der Waals surface area contributed by atoms with Gasteiger partial charge in [-0.1, -0.05) is 36.4 Å². The second kappa shape index (κ2) is 9.86. The van der Waals surface area contributed by atoms with Gasteiger partial charge in [0.1, 0.15) is 5.82 Å². The SMILES string of the molecule is COCCN(C(=O)C[n+]1ccccc1C)c1c(N)n(Cc2ccccc2)c(=O)[nH]c1=O. The third-order valence-electron chi connectivity index (χ3n) is 4.96. The van der Waals surface area contributed by atoms with Crippen molar-refractivity contribution in [3.8, 4) is 0 Å². The molecular weight excluding hydrogens is 398 g/mol. The fraction of sp³-hybridized carbons (Fsp3) is 0.273. The number of hydrogen-bond donors (Lipinski definition) is 2. The van der Waals surface area contributed by atoms with E-state index < -0.39 is 11.2 Å². The highest BCUT2D eigenvalue weighted by Crippen LogP contribution is 2.18. The van der Waals surface area contributed by atoms with Crippen molar-refractivity contribution in [1.29, 1.82) is 0 Å². The quantitative estimate of drug-likeness (QED) is 0.510. The number of nitrogens with two attached hydrogens (primary N) is 1. The van der Waals surface area contributed by atoms with Crippen molar-refractivity contribution in [2.75, 3.05) is 30.9 Å². The van der Waals surface area contributed by atoms with E-state index in [1.807, 2.05) is 55.5 Å². The van der Waals surface area contributed by atoms with Gasteiger partial charge in [-0.25, -0.2) is 4.79 Å². The molecule has 9 heteroatoms. The zero-order valence-corrected chi connectivity index (χ0v) is 17.6. The minimum absolute atomic E-state index is 0.00702. The number of aryl methyl sites for hydroxylation is 1. The zero-order chi connectivity index (χ0) is 22.4. The highest BCUT2D eigenvalue weighted by Gasteiger charge is 2.27. The van der Waals surface area contributed by atoms with Crippen LogP contribution in [0.1, 0.15) is 11.3 Å². The summed E-state index contributed by atoms with van der Waals surface area (Å²) < 4.78 is 8.15. The molecule has 0 fully saturated rings. The number of rotatable bonds is 8. The number of H-pyrrole nitrogens is 1. The summed E-state index contributed by atoms with van der Waals surface area (Å²) in [5.41, 5.74) is 6.57. The minimum Gasteiger partial charge on any atom is -0.383 e. The number of methoxy groups -OCH3 is 1. The first-order valence-corrected chi connectivity index (χ1v) is 9.83. The first-order valence-electron chi connectivity index (χ1n) is 9.83. The van der Waals surface area contributed by atoms with Crippen molar-refractivity contribution < 1.29 is 14.1 Å². The van der Waals surface area contributed by atoms with Gasteiger partial charge in [-0.2, -0.15) is 4.57 Å². The van der Waals surface area contributed by atoms with E-state index in [-0.39, 0.29) is 43.7 Å². The molecule has 1 aromatic carbocycles. The van der Waals surface area contributed by atoms with E-state index in [9.17, 15) is 14.4 Å². The molecule has 0 unspecified atom stereocenters. The van der Waals surface area contributed by atoms with Crippen LogP contribution in [0.25, 0.3) is 0 Å². The summed E-state index contributed by atoms with van der Waals surface area (Å²) in [6.07, 6.45) is 1.78. The van der Waals surface area contributed by atoms with Crippen LogP contribution in [-0.4, -0.2) is 35.7 Å². The number of aromatic nitrogens is 3. The summed E-state index contributed by atoms with van der Waals surface area (Å²) in [6, 6.07) is 14.8. The van der Waals surface area contributed by atoms with Crippen molar-refractivity contribution in [1.82, 2.24) is 9.55 Å². The van der Waals surface area contributed by atoms with Crippen molar-refractivity contribution in [2.24, 2.45) is 0 Å². The minimum atomic E-state index is -0.717. The number of nitrogens with one attached hydrogen (secondary N) is 1. The molecule has 2 aromatic heterocycles. The van der Waals surface area contributed by atoms with E-state index in [0.29, 0.717) is 0 Å². The molecule has 1 amide bonds. The third-order valence-corrected chi connectivity index (χ3v) is 4.96. The predicted octanol–water partition coefficient (Wildman–Crippen LogP) is 0.443. The fourth-order valence-corrected chi connectivity index (χ4v) is 3.28. The average Bonchev–Trinajstić information content (AvgIpc) is 2.75. The third kappa shape index (κ3) is 5.07. The second-order valence-electron chi connectivity index (χ2n) is 7.07. The summed E-state index contributed by atoms with van der Waals surface area (Å²) in [5, 5.41) is 0. The molecule has 3 aromatic rings. The van der Waals surface area contributed by atoms with Crippen LogP contribution in [-0.2, 0) is 22.6 Å². The van der Waals surface area contributed by atoms with E-state index >= 15 is 0 Å². The van der Waals surface area contributed by atoms with Crippen LogP contribution in [0.5, 0.6) is 0 Å². The Balaban J connectivity index is 2.03. The smallest absolute Gasteiger partial charge is 0.330 e. The lowest BCUT2D eigenvalue weighted by Gasteiger charge is -2.23. The van der Waals surface area contributed by atoms with Gasteiger partial charge in [-0.05, 0) is 5.56 Å². The van der Waals surface area contributed by atoms with E-state index in [2.05, 4.69) is 4.98 Å². The first-order chi connectivity index (χ1) is 14.9. The van der Waals surface area contributed by atoms with Crippen LogP contribution in [0.15, 0.2) is 64.3 Å². The summed E-state index contributed by atoms with van der Waals surface area (Å²) in [6.45, 7) is 2.36. The Morgan fingerprint density at radius 3 is 2.55 bits per heavy atom. The van der Waals surface area contributed by atoms with Crippen LogP contribution >= 0.6 is 0 Å². The molecule has 0 aliphatic carbocycles. The van der Waals surface area contributed by atoms with Gasteiger partial charge < -0.3 is 10.5 Å². The monoisotopic (exact) mass is 424 g/mol. The summed E-state index contributed by atoms with van der Waals surface area (Å²) in [7, 11) is 1.50. The van der Waals surface area contributed by atoms with Gasteiger partial charge in [0.2, 0.25) is 6.54 Å². The van der Waals surface area contributed by atoms with E-state index in [4.69, 9.17) is 10.5 Å². The zero-order valence-electron chi connectivity index (χ0n) is 17.6. The average molecular weight is 424 g/mol. The van der Waals surface area contributed by atoms with Crippen LogP contribution < -0.4 is 26.4 Å². The Kier molecular flexibility index (Phi) is 6.99. The van der Waals surface area contributed by atoms with E-state index in [0.717, 1.165) is 11.3 Å². The molecule has 0 radical (unpaired) electrons. The number of hydrogen-bond acceptors (Lipinski definition) is 5. The molecule has 0 saturated heterocycles. The topological polar surface area (TPSA) is 114 Å². The Hall–Kier alpha value is -3.72. The van der Waals surface area contributed by atoms with E-state index in [1.165, 1.54) is 16.6 Å². The van der Waals surface area contributed by atoms with Crippen molar-refractivity contribution in [3.63, 3.8) is 0 Å². The number of carbonyl (C=O) groups is 1. The van der Waals surface area contributed by atoms with Gasteiger partial charge in [0, 0.05) is 32.7 Å². The summed E-state index contributed by atoms with van der Waals surface area (Å²) >= 11 is 0. The van der Waals surface area contributed by atoms with Crippen LogP contribution in [0.3, 0.4) is 0 Å². The predicted molar refractivity (Wildman–Crippen MR) is 117 cm³/mol. The van der Waals surface area contributed by atoms with Gasteiger partial charge >= 0.3 is 5.69 Å². The molecule has 0 aliphatic rings. The van der Waals surface area contributed by atoms with Crippen LogP contribution in [0.4, 0.5) is 11.5 Å². The lowest BCUT2D eigenvalue weighted by atomic mass is 10.2. The highest BCUT2D eigenvalue weighted by atomic mass is 16.5. The van der Waals surface area contributed by atoms with Crippen molar-refractivity contribution in [3.05, 3.63) is 86.8 Å². The maximum atomic E-state index is 13.2. The van der Waals surface area contributed by atoms with E-state index in [1.54, 1.807) is 10.8 Å². The molecule has 2 heterocycles. The van der Waals surface area contributed by atoms with Crippen LogP contribution in [0.2, 0.25) is 0 Å². The number of nitrogens with zero attached hydrogens (tertiary/aromatic N) is 3. The lowest BCUT2D eigenvalue weighted by Crippen LogP contribution is -2.49. The van der Waals surface area contributed by atoms with Gasteiger partial charge in [0.25, 0.3) is 11.5 Å². The number of pyridine rings is 1. The Morgan fingerprint density at radius 1 is 1.16 bits per heavy atom. The molecule has 31 heavy (non-hydrogen) atoms. The molecule has 9 nitrogen and oxygen atoms in total. The number of anilines is 2. The maximum absolute atomic E-state index is 13.2. The molecule has 3 N–H and O–H groups in total. The lowest BCUT2D eigenvalue weighted by molar-refractivity contribution is -0.690. The number of ether oxygens (including phenoxy) is 1. The van der Waals surface area contributed by atoms with Gasteiger partial charge in [-0.3, -0.25) is 24.0 Å². The summed E-state index contributed by atoms with van der Waals surface area (Å²) in [4.78, 5) is 41.9. The fourth-order valence-electron chi connectivity index (χ4n) is 3.28. The molecule has 0 bridgehead atoms. The van der Waals surface area contributed by atoms with Gasteiger partial charge in [0.15, 0.2) is 17.6 Å². The molecule has 162 valence electrons. The van der Waals surface area contributed by atoms with Gasteiger partial charge in [0.05, 0.1) is 13.2 Å². The normalized spacial score (nSPS) is 10.8. The maximum Gasteiger partial charge on any atom is 0.330 e. The molecule has 0 spiro atoms. The highest BCUT2D eigenvalue weighted by molar-refractivity contribution is 5.94.